The number of pyridine rings is 1. The summed E-state index contributed by atoms with van der Waals surface area (Å²) in [6, 6.07) is 12.2. The maximum Gasteiger partial charge on any atom is 0.240 e. The van der Waals surface area contributed by atoms with E-state index >= 15 is 0 Å². The third kappa shape index (κ3) is 2.99. The van der Waals surface area contributed by atoms with Crippen LogP contribution in [0.15, 0.2) is 64.2 Å². The van der Waals surface area contributed by atoms with Crippen LogP contribution < -0.4 is 4.72 Å². The minimum atomic E-state index is -3.55. The van der Waals surface area contributed by atoms with Crippen LogP contribution in [-0.4, -0.2) is 17.8 Å². The molecule has 21 heavy (non-hydrogen) atoms. The van der Waals surface area contributed by atoms with Gasteiger partial charge in [-0.2, -0.15) is 0 Å². The lowest BCUT2D eigenvalue weighted by Crippen LogP contribution is -2.24. The number of hydrogen-bond acceptors (Lipinski definition) is 3. The first kappa shape index (κ1) is 14.2. The Bertz CT molecular complexity index is 873. The van der Waals surface area contributed by atoms with Gasteiger partial charge in [-0.15, -0.1) is 0 Å². The maximum absolute atomic E-state index is 12.2. The van der Waals surface area contributed by atoms with Gasteiger partial charge in [0.2, 0.25) is 10.0 Å². The molecule has 0 fully saturated rings. The summed E-state index contributed by atoms with van der Waals surface area (Å²) in [5, 5.41) is 0. The van der Waals surface area contributed by atoms with Crippen LogP contribution in [0.25, 0.3) is 5.52 Å². The largest absolute Gasteiger partial charge is 0.303 e. The Balaban J connectivity index is 1.82. The highest BCUT2D eigenvalue weighted by atomic mass is 79.9. The molecule has 1 aromatic carbocycles. The summed E-state index contributed by atoms with van der Waals surface area (Å²) in [5.74, 6) is 0.645. The maximum atomic E-state index is 12.2. The first-order valence-corrected chi connectivity index (χ1v) is 8.50. The monoisotopic (exact) mass is 365 g/mol. The molecular weight excluding hydrogens is 354 g/mol. The predicted molar refractivity (Wildman–Crippen MR) is 83.4 cm³/mol. The van der Waals surface area contributed by atoms with Crippen LogP contribution in [0, 0.1) is 0 Å². The smallest absolute Gasteiger partial charge is 0.240 e. The van der Waals surface area contributed by atoms with Gasteiger partial charge in [-0.05, 0) is 36.4 Å². The fourth-order valence-electron chi connectivity index (χ4n) is 1.99. The molecule has 0 saturated heterocycles. The predicted octanol–water partition coefficient (Wildman–Crippen LogP) is 2.58. The van der Waals surface area contributed by atoms with E-state index in [1.807, 2.05) is 28.8 Å². The second-order valence-corrected chi connectivity index (χ2v) is 7.13. The molecule has 0 bridgehead atoms. The quantitative estimate of drug-likeness (QED) is 0.772. The van der Waals surface area contributed by atoms with Gasteiger partial charge in [-0.25, -0.2) is 18.1 Å². The van der Waals surface area contributed by atoms with Gasteiger partial charge in [0.05, 0.1) is 23.2 Å². The summed E-state index contributed by atoms with van der Waals surface area (Å²) >= 11 is 3.28. The van der Waals surface area contributed by atoms with Gasteiger partial charge in [-0.3, -0.25) is 0 Å². The molecule has 0 aliphatic heterocycles. The number of nitrogens with one attached hydrogen (secondary N) is 1. The molecule has 108 valence electrons. The number of rotatable bonds is 4. The highest BCUT2D eigenvalue weighted by Gasteiger charge is 2.14. The van der Waals surface area contributed by atoms with E-state index in [9.17, 15) is 8.42 Å². The Morgan fingerprint density at radius 2 is 1.90 bits per heavy atom. The van der Waals surface area contributed by atoms with Crippen LogP contribution in [0.3, 0.4) is 0 Å². The van der Waals surface area contributed by atoms with Crippen molar-refractivity contribution >= 4 is 31.5 Å². The Labute approximate surface area is 130 Å². The minimum Gasteiger partial charge on any atom is -0.303 e. The van der Waals surface area contributed by atoms with Crippen LogP contribution in [0.1, 0.15) is 5.82 Å². The van der Waals surface area contributed by atoms with Crippen LogP contribution in [0.2, 0.25) is 0 Å². The standard InChI is InChI=1S/C14H12BrN3O2S/c15-11-4-6-13(7-5-11)21(19,20)17-10-14-16-9-12-3-1-2-8-18(12)14/h1-9,17H,10H2. The summed E-state index contributed by atoms with van der Waals surface area (Å²) in [7, 11) is -3.55. The molecule has 0 radical (unpaired) electrons. The van der Waals surface area contributed by atoms with Crippen molar-refractivity contribution in [3.8, 4) is 0 Å². The molecule has 0 unspecified atom stereocenters. The fourth-order valence-corrected chi connectivity index (χ4v) is 3.23. The zero-order valence-corrected chi connectivity index (χ0v) is 13.3. The number of aromatic nitrogens is 2. The molecule has 2 heterocycles. The average Bonchev–Trinajstić information content (AvgIpc) is 2.89. The van der Waals surface area contributed by atoms with E-state index in [1.54, 1.807) is 30.5 Å². The van der Waals surface area contributed by atoms with E-state index < -0.39 is 10.0 Å². The molecular formula is C14H12BrN3O2S. The summed E-state index contributed by atoms with van der Waals surface area (Å²) in [5.41, 5.74) is 0.926. The average molecular weight is 366 g/mol. The van der Waals surface area contributed by atoms with Gasteiger partial charge in [-0.1, -0.05) is 22.0 Å². The molecule has 7 heteroatoms. The van der Waals surface area contributed by atoms with Crippen molar-refractivity contribution in [1.29, 1.82) is 0 Å². The summed E-state index contributed by atoms with van der Waals surface area (Å²) in [6.45, 7) is 0.135. The molecule has 3 aromatic rings. The van der Waals surface area contributed by atoms with Crippen molar-refractivity contribution in [2.75, 3.05) is 0 Å². The molecule has 5 nitrogen and oxygen atoms in total. The van der Waals surface area contributed by atoms with Crippen molar-refractivity contribution in [3.63, 3.8) is 0 Å². The lowest BCUT2D eigenvalue weighted by atomic mass is 10.4. The van der Waals surface area contributed by atoms with E-state index in [4.69, 9.17) is 0 Å². The minimum absolute atomic E-state index is 0.135. The van der Waals surface area contributed by atoms with Gasteiger partial charge < -0.3 is 4.40 Å². The second kappa shape index (κ2) is 5.59. The van der Waals surface area contributed by atoms with E-state index in [0.717, 1.165) is 9.99 Å². The molecule has 0 atom stereocenters. The van der Waals surface area contributed by atoms with Crippen LogP contribution >= 0.6 is 15.9 Å². The van der Waals surface area contributed by atoms with Crippen molar-refractivity contribution in [2.24, 2.45) is 0 Å². The molecule has 0 spiro atoms. The Morgan fingerprint density at radius 3 is 2.67 bits per heavy atom. The number of nitrogens with zero attached hydrogens (tertiary/aromatic N) is 2. The highest BCUT2D eigenvalue weighted by Crippen LogP contribution is 2.15. The number of benzene rings is 1. The van der Waals surface area contributed by atoms with E-state index in [-0.39, 0.29) is 11.4 Å². The van der Waals surface area contributed by atoms with Gasteiger partial charge in [0.25, 0.3) is 0 Å². The number of fused-ring (bicyclic) bond motifs is 1. The number of sulfonamides is 1. The van der Waals surface area contributed by atoms with Gasteiger partial charge in [0.15, 0.2) is 0 Å². The van der Waals surface area contributed by atoms with Crippen molar-refractivity contribution in [1.82, 2.24) is 14.1 Å². The Kier molecular flexibility index (Phi) is 3.79. The third-order valence-corrected chi connectivity index (χ3v) is 5.01. The molecule has 0 aliphatic rings. The Hall–Kier alpha value is -1.70. The molecule has 0 saturated carbocycles. The summed E-state index contributed by atoms with van der Waals surface area (Å²) in [6.07, 6.45) is 3.56. The van der Waals surface area contributed by atoms with E-state index in [0.29, 0.717) is 5.82 Å². The highest BCUT2D eigenvalue weighted by molar-refractivity contribution is 9.10. The van der Waals surface area contributed by atoms with Crippen LogP contribution in [0.5, 0.6) is 0 Å². The number of halogens is 1. The number of imidazole rings is 1. The van der Waals surface area contributed by atoms with Gasteiger partial charge in [0, 0.05) is 10.7 Å². The summed E-state index contributed by atoms with van der Waals surface area (Å²) < 4.78 is 29.7. The summed E-state index contributed by atoms with van der Waals surface area (Å²) in [4.78, 5) is 4.46. The molecule has 3 rings (SSSR count). The first-order valence-electron chi connectivity index (χ1n) is 6.22. The molecule has 1 N–H and O–H groups in total. The zero-order valence-electron chi connectivity index (χ0n) is 10.9. The second-order valence-electron chi connectivity index (χ2n) is 4.45. The third-order valence-electron chi connectivity index (χ3n) is 3.06. The first-order chi connectivity index (χ1) is 10.1. The zero-order chi connectivity index (χ0) is 14.9. The SMILES string of the molecule is O=S(=O)(NCc1ncc2ccccn12)c1ccc(Br)cc1. The molecule has 2 aromatic heterocycles. The van der Waals surface area contributed by atoms with Crippen LogP contribution in [0.4, 0.5) is 0 Å². The lowest BCUT2D eigenvalue weighted by molar-refractivity contribution is 0.579. The van der Waals surface area contributed by atoms with Gasteiger partial charge in [0.1, 0.15) is 5.82 Å². The molecule has 0 aliphatic carbocycles. The van der Waals surface area contributed by atoms with Crippen molar-refractivity contribution in [2.45, 2.75) is 11.4 Å². The van der Waals surface area contributed by atoms with Gasteiger partial charge >= 0.3 is 0 Å². The topological polar surface area (TPSA) is 63.5 Å². The Morgan fingerprint density at radius 1 is 1.14 bits per heavy atom. The van der Waals surface area contributed by atoms with Crippen LogP contribution in [-0.2, 0) is 16.6 Å². The lowest BCUT2D eigenvalue weighted by Gasteiger charge is -2.06. The molecule has 0 amide bonds. The van der Waals surface area contributed by atoms with Crippen molar-refractivity contribution < 1.29 is 8.42 Å². The normalized spacial score (nSPS) is 11.9. The van der Waals surface area contributed by atoms with E-state index in [2.05, 4.69) is 25.6 Å². The fraction of sp³-hybridized carbons (Fsp3) is 0.0714. The van der Waals surface area contributed by atoms with E-state index in [1.165, 1.54) is 0 Å². The van der Waals surface area contributed by atoms with Crippen molar-refractivity contribution in [3.05, 3.63) is 65.2 Å². The number of hydrogen-bond donors (Lipinski definition) is 1.